The van der Waals surface area contributed by atoms with E-state index in [4.69, 9.17) is 10.5 Å². The molecule has 1 aliphatic rings. The molecule has 1 saturated carbocycles. The van der Waals surface area contributed by atoms with Crippen molar-refractivity contribution in [2.45, 2.75) is 38.0 Å². The van der Waals surface area contributed by atoms with Gasteiger partial charge in [0.05, 0.1) is 18.7 Å². The molecule has 4 nitrogen and oxygen atoms in total. The summed E-state index contributed by atoms with van der Waals surface area (Å²) < 4.78 is 5.17. The van der Waals surface area contributed by atoms with Crippen molar-refractivity contribution in [1.29, 1.82) is 0 Å². The Bertz CT molecular complexity index is 453. The fraction of sp³-hybridized carbons (Fsp3) is 0.533. The fourth-order valence-electron chi connectivity index (χ4n) is 2.98. The first-order valence-corrected chi connectivity index (χ1v) is 6.78. The van der Waals surface area contributed by atoms with Gasteiger partial charge in [-0.2, -0.15) is 0 Å². The summed E-state index contributed by atoms with van der Waals surface area (Å²) in [5.41, 5.74) is 7.15. The van der Waals surface area contributed by atoms with E-state index in [2.05, 4.69) is 0 Å². The van der Waals surface area contributed by atoms with Gasteiger partial charge in [0, 0.05) is 0 Å². The van der Waals surface area contributed by atoms with Crippen molar-refractivity contribution in [3.05, 3.63) is 23.8 Å². The fourth-order valence-corrected chi connectivity index (χ4v) is 2.98. The van der Waals surface area contributed by atoms with Gasteiger partial charge in [-0.15, -0.1) is 0 Å². The third-order valence-electron chi connectivity index (χ3n) is 4.04. The van der Waals surface area contributed by atoms with Crippen LogP contribution in [0.3, 0.4) is 0 Å². The van der Waals surface area contributed by atoms with Gasteiger partial charge >= 0.3 is 5.97 Å². The number of benzene rings is 1. The first-order valence-electron chi connectivity index (χ1n) is 6.78. The molecule has 0 aromatic heterocycles. The third-order valence-corrected chi connectivity index (χ3v) is 4.04. The van der Waals surface area contributed by atoms with E-state index in [0.717, 1.165) is 12.8 Å². The molecule has 0 amide bonds. The van der Waals surface area contributed by atoms with E-state index >= 15 is 0 Å². The molecule has 1 unspecified atom stereocenters. The number of methoxy groups -OCH3 is 1. The average Bonchev–Trinajstić information content (AvgIpc) is 2.89. The van der Waals surface area contributed by atoms with Gasteiger partial charge in [-0.25, -0.2) is 0 Å². The molecular weight excluding hydrogens is 242 g/mol. The van der Waals surface area contributed by atoms with Crippen LogP contribution in [0.2, 0.25) is 0 Å². The number of ether oxygens (including phenoxy) is 1. The summed E-state index contributed by atoms with van der Waals surface area (Å²) in [6.07, 6.45) is 5.36. The molecule has 0 radical (unpaired) electrons. The molecule has 1 aromatic carbocycles. The van der Waals surface area contributed by atoms with Crippen LogP contribution in [-0.4, -0.2) is 18.2 Å². The molecular formula is C15H21NO3. The Balaban J connectivity index is 2.25. The lowest BCUT2D eigenvalue weighted by atomic mass is 9.87. The van der Waals surface area contributed by atoms with Gasteiger partial charge in [-0.05, 0) is 24.0 Å². The molecule has 2 rings (SSSR count). The van der Waals surface area contributed by atoms with Crippen LogP contribution in [0, 0.1) is 5.92 Å². The van der Waals surface area contributed by atoms with Crippen LogP contribution in [0.4, 0.5) is 5.69 Å². The maximum Gasteiger partial charge on any atom is 0.311 e. The number of nitrogen functional groups attached to an aromatic ring is 1. The first kappa shape index (κ1) is 13.7. The highest BCUT2D eigenvalue weighted by atomic mass is 16.5. The highest BCUT2D eigenvalue weighted by Gasteiger charge is 2.28. The molecule has 19 heavy (non-hydrogen) atoms. The lowest BCUT2D eigenvalue weighted by Gasteiger charge is -2.19. The van der Waals surface area contributed by atoms with Crippen molar-refractivity contribution in [1.82, 2.24) is 0 Å². The van der Waals surface area contributed by atoms with Crippen molar-refractivity contribution in [3.8, 4) is 5.75 Å². The van der Waals surface area contributed by atoms with E-state index in [0.29, 0.717) is 29.3 Å². The van der Waals surface area contributed by atoms with Crippen LogP contribution in [0.25, 0.3) is 0 Å². The number of aliphatic carboxylic acids is 1. The highest BCUT2D eigenvalue weighted by Crippen LogP contribution is 2.38. The monoisotopic (exact) mass is 263 g/mol. The minimum atomic E-state index is -0.799. The molecule has 1 fully saturated rings. The normalized spacial score (nSPS) is 17.3. The van der Waals surface area contributed by atoms with Crippen LogP contribution in [0.1, 0.15) is 43.6 Å². The van der Waals surface area contributed by atoms with E-state index in [1.165, 1.54) is 12.8 Å². The Hall–Kier alpha value is -1.71. The smallest absolute Gasteiger partial charge is 0.311 e. The molecule has 1 atom stereocenters. The second-order valence-electron chi connectivity index (χ2n) is 5.24. The molecule has 0 saturated heterocycles. The molecule has 0 aliphatic heterocycles. The van der Waals surface area contributed by atoms with Crippen LogP contribution >= 0.6 is 0 Å². The predicted octanol–water partition coefficient (Wildman–Crippen LogP) is 3.03. The number of rotatable bonds is 5. The molecule has 3 N–H and O–H groups in total. The van der Waals surface area contributed by atoms with E-state index in [1.807, 2.05) is 0 Å². The van der Waals surface area contributed by atoms with Gasteiger partial charge in [0.25, 0.3) is 0 Å². The number of hydrogen-bond donors (Lipinski definition) is 2. The third kappa shape index (κ3) is 3.00. The maximum absolute atomic E-state index is 11.5. The quantitative estimate of drug-likeness (QED) is 0.801. The summed E-state index contributed by atoms with van der Waals surface area (Å²) in [6.45, 7) is 0. The van der Waals surface area contributed by atoms with Gasteiger partial charge in [0.1, 0.15) is 5.75 Å². The zero-order valence-corrected chi connectivity index (χ0v) is 11.3. The highest BCUT2D eigenvalue weighted by molar-refractivity contribution is 5.79. The molecule has 4 heteroatoms. The Morgan fingerprint density at radius 3 is 2.74 bits per heavy atom. The molecule has 0 bridgehead atoms. The number of carboxylic acid groups (broad SMARTS) is 1. The number of anilines is 1. The minimum Gasteiger partial charge on any atom is -0.495 e. The average molecular weight is 263 g/mol. The number of para-hydroxylation sites is 1. The summed E-state index contributed by atoms with van der Waals surface area (Å²) in [5.74, 6) is -0.271. The maximum atomic E-state index is 11.5. The van der Waals surface area contributed by atoms with E-state index in [-0.39, 0.29) is 0 Å². The summed E-state index contributed by atoms with van der Waals surface area (Å²) in [7, 11) is 1.54. The van der Waals surface area contributed by atoms with Gasteiger partial charge in [-0.1, -0.05) is 37.8 Å². The molecule has 104 valence electrons. The van der Waals surface area contributed by atoms with Crippen molar-refractivity contribution in [2.75, 3.05) is 12.8 Å². The number of nitrogens with two attached hydrogens (primary N) is 1. The zero-order valence-electron chi connectivity index (χ0n) is 11.3. The zero-order chi connectivity index (χ0) is 13.8. The number of hydrogen-bond acceptors (Lipinski definition) is 3. The summed E-state index contributed by atoms with van der Waals surface area (Å²) in [6, 6.07) is 5.36. The van der Waals surface area contributed by atoms with Gasteiger partial charge in [0.2, 0.25) is 0 Å². The molecule has 1 aliphatic carbocycles. The predicted molar refractivity (Wildman–Crippen MR) is 74.4 cm³/mol. The molecule has 1 aromatic rings. The Labute approximate surface area is 113 Å². The van der Waals surface area contributed by atoms with Gasteiger partial charge < -0.3 is 15.6 Å². The van der Waals surface area contributed by atoms with E-state index in [1.54, 1.807) is 25.3 Å². The second-order valence-corrected chi connectivity index (χ2v) is 5.24. The van der Waals surface area contributed by atoms with Crippen molar-refractivity contribution in [3.63, 3.8) is 0 Å². The SMILES string of the molecule is COc1cccc(C(CC2CCCC2)C(=O)O)c1N. The number of carboxylic acids is 1. The van der Waals surface area contributed by atoms with Crippen molar-refractivity contribution >= 4 is 11.7 Å². The molecule has 0 spiro atoms. The Morgan fingerprint density at radius 1 is 1.47 bits per heavy atom. The summed E-state index contributed by atoms with van der Waals surface area (Å²) in [4.78, 5) is 11.5. The lowest BCUT2D eigenvalue weighted by molar-refractivity contribution is -0.139. The molecule has 0 heterocycles. The first-order chi connectivity index (χ1) is 9.13. The number of carbonyl (C=O) groups is 1. The van der Waals surface area contributed by atoms with Gasteiger partial charge in [-0.3, -0.25) is 4.79 Å². The van der Waals surface area contributed by atoms with Gasteiger partial charge in [0.15, 0.2) is 0 Å². The van der Waals surface area contributed by atoms with Crippen LogP contribution in [0.15, 0.2) is 18.2 Å². The van der Waals surface area contributed by atoms with Crippen LogP contribution < -0.4 is 10.5 Å². The van der Waals surface area contributed by atoms with Crippen LogP contribution in [-0.2, 0) is 4.79 Å². The van der Waals surface area contributed by atoms with Crippen LogP contribution in [0.5, 0.6) is 5.75 Å². The topological polar surface area (TPSA) is 72.5 Å². The standard InChI is InChI=1S/C15H21NO3/c1-19-13-8-4-7-11(14(13)16)12(15(17)18)9-10-5-2-3-6-10/h4,7-8,10,12H,2-3,5-6,9,16H2,1H3,(H,17,18). The second kappa shape index (κ2) is 5.95. The largest absolute Gasteiger partial charge is 0.495 e. The van der Waals surface area contributed by atoms with Crippen molar-refractivity contribution < 1.29 is 14.6 Å². The van der Waals surface area contributed by atoms with E-state index < -0.39 is 11.9 Å². The van der Waals surface area contributed by atoms with E-state index in [9.17, 15) is 9.90 Å². The summed E-state index contributed by atoms with van der Waals surface area (Å²) in [5, 5.41) is 9.48. The van der Waals surface area contributed by atoms with Crippen molar-refractivity contribution in [2.24, 2.45) is 5.92 Å². The lowest BCUT2D eigenvalue weighted by Crippen LogP contribution is -2.17. The summed E-state index contributed by atoms with van der Waals surface area (Å²) >= 11 is 0. The minimum absolute atomic E-state index is 0.454. The Kier molecular flexibility index (Phi) is 4.30. The Morgan fingerprint density at radius 2 is 2.16 bits per heavy atom.